The third kappa shape index (κ3) is 6.69. The van der Waals surface area contributed by atoms with Crippen LogP contribution in [0.4, 0.5) is 0 Å². The third-order valence-electron chi connectivity index (χ3n) is 5.90. The summed E-state index contributed by atoms with van der Waals surface area (Å²) in [6.45, 7) is 5.94. The van der Waals surface area contributed by atoms with Crippen molar-refractivity contribution in [1.29, 1.82) is 0 Å². The van der Waals surface area contributed by atoms with Crippen LogP contribution in [-0.2, 0) is 4.57 Å². The predicted molar refractivity (Wildman–Crippen MR) is 113 cm³/mol. The maximum absolute atomic E-state index is 12.6. The molecule has 0 N–H and O–H groups in total. The first-order valence-corrected chi connectivity index (χ1v) is 12.3. The first-order valence-electron chi connectivity index (χ1n) is 10.6. The van der Waals surface area contributed by atoms with Gasteiger partial charge in [-0.1, -0.05) is 81.9 Å². The lowest BCUT2D eigenvalue weighted by molar-refractivity contribution is 0.107. The van der Waals surface area contributed by atoms with E-state index in [2.05, 4.69) is 0 Å². The summed E-state index contributed by atoms with van der Waals surface area (Å²) in [5.74, 6) is 0.985. The molecule has 1 aromatic rings. The van der Waals surface area contributed by atoms with Crippen molar-refractivity contribution in [2.45, 2.75) is 91.4 Å². The zero-order valence-corrected chi connectivity index (χ0v) is 18.0. The largest absolute Gasteiger partial charge is 0.318 e. The summed E-state index contributed by atoms with van der Waals surface area (Å²) in [5, 5.41) is 0. The van der Waals surface area contributed by atoms with Gasteiger partial charge in [-0.25, -0.2) is 0 Å². The highest BCUT2D eigenvalue weighted by molar-refractivity contribution is 7.64. The van der Waals surface area contributed by atoms with Gasteiger partial charge in [0.2, 0.25) is 5.52 Å². The second-order valence-electron chi connectivity index (χ2n) is 8.34. The van der Waals surface area contributed by atoms with Gasteiger partial charge in [0.05, 0.1) is 0 Å². The summed E-state index contributed by atoms with van der Waals surface area (Å²) in [7, 11) is -2.17. The molecular weight excluding hydrogens is 339 g/mol. The molecule has 1 atom stereocenters. The number of carbonyl (C=O) groups excluding carboxylic acids is 1. The van der Waals surface area contributed by atoms with Crippen LogP contribution >= 0.6 is 7.80 Å². The Morgan fingerprint density at radius 3 is 2.15 bits per heavy atom. The summed E-state index contributed by atoms with van der Waals surface area (Å²) in [4.78, 5) is 12.6. The summed E-state index contributed by atoms with van der Waals surface area (Å²) < 4.78 is 12.5. The van der Waals surface area contributed by atoms with Gasteiger partial charge in [0, 0.05) is 11.7 Å². The lowest BCUT2D eigenvalue weighted by atomic mass is 9.85. The SMILES string of the molecule is Cc1cc(C)c(C(=O)[PH](=O)CCCCCCCC2CCCCC2)c(C)c1. The molecule has 0 heterocycles. The minimum Gasteiger partial charge on any atom is -0.318 e. The van der Waals surface area contributed by atoms with E-state index in [1.54, 1.807) is 0 Å². The predicted octanol–water partition coefficient (Wildman–Crippen LogP) is 7.23. The van der Waals surface area contributed by atoms with Crippen LogP contribution in [-0.4, -0.2) is 11.7 Å². The van der Waals surface area contributed by atoms with Crippen molar-refractivity contribution in [3.63, 3.8) is 0 Å². The lowest BCUT2D eigenvalue weighted by Gasteiger charge is -2.21. The standard InChI is InChI=1S/C23H37O2P/c1-18-16-19(2)22(20(3)17-18)23(24)26(25)15-11-6-4-5-8-12-21-13-9-7-10-14-21/h16-17,21,26H,4-15H2,1-3H3. The van der Waals surface area contributed by atoms with Crippen molar-refractivity contribution in [3.05, 3.63) is 34.4 Å². The average molecular weight is 377 g/mol. The van der Waals surface area contributed by atoms with E-state index in [0.29, 0.717) is 11.7 Å². The van der Waals surface area contributed by atoms with E-state index >= 15 is 0 Å². The molecule has 0 aromatic heterocycles. The van der Waals surface area contributed by atoms with E-state index in [0.717, 1.165) is 35.4 Å². The molecule has 1 unspecified atom stereocenters. The van der Waals surface area contributed by atoms with Crippen LogP contribution in [0.25, 0.3) is 0 Å². The van der Waals surface area contributed by atoms with Crippen LogP contribution in [0.15, 0.2) is 12.1 Å². The van der Waals surface area contributed by atoms with Crippen LogP contribution in [0.1, 0.15) is 97.7 Å². The molecule has 1 aliphatic rings. The molecule has 0 radical (unpaired) electrons. The fourth-order valence-corrected chi connectivity index (χ4v) is 5.99. The van der Waals surface area contributed by atoms with Gasteiger partial charge in [0.25, 0.3) is 0 Å². The fourth-order valence-electron chi connectivity index (χ4n) is 4.52. The van der Waals surface area contributed by atoms with Crippen molar-refractivity contribution in [3.8, 4) is 0 Å². The second kappa shape index (κ2) is 11.1. The summed E-state index contributed by atoms with van der Waals surface area (Å²) in [5.41, 5.74) is 3.68. The maximum atomic E-state index is 12.6. The normalized spacial score (nSPS) is 16.6. The van der Waals surface area contributed by atoms with E-state index < -0.39 is 7.80 Å². The van der Waals surface area contributed by atoms with Gasteiger partial charge in [-0.15, -0.1) is 0 Å². The quantitative estimate of drug-likeness (QED) is 0.319. The number of hydrogen-bond acceptors (Lipinski definition) is 2. The van der Waals surface area contributed by atoms with Crippen molar-refractivity contribution in [2.75, 3.05) is 6.16 Å². The average Bonchev–Trinajstić information content (AvgIpc) is 2.60. The molecule has 1 aliphatic carbocycles. The van der Waals surface area contributed by atoms with Gasteiger partial charge < -0.3 is 4.57 Å². The lowest BCUT2D eigenvalue weighted by Crippen LogP contribution is -2.05. The Bertz CT molecular complexity index is 592. The number of rotatable bonds is 10. The minimum absolute atomic E-state index is 0.109. The summed E-state index contributed by atoms with van der Waals surface area (Å²) >= 11 is 0. The molecule has 146 valence electrons. The van der Waals surface area contributed by atoms with Crippen LogP contribution in [0, 0.1) is 26.7 Å². The molecule has 2 rings (SSSR count). The van der Waals surface area contributed by atoms with Crippen molar-refractivity contribution < 1.29 is 9.36 Å². The molecule has 2 nitrogen and oxygen atoms in total. The molecule has 3 heteroatoms. The van der Waals surface area contributed by atoms with Crippen molar-refractivity contribution in [2.24, 2.45) is 5.92 Å². The molecule has 26 heavy (non-hydrogen) atoms. The Hall–Kier alpha value is -0.880. The number of unbranched alkanes of at least 4 members (excludes halogenated alkanes) is 4. The zero-order valence-electron chi connectivity index (χ0n) is 17.0. The number of carbonyl (C=O) groups is 1. The monoisotopic (exact) mass is 376 g/mol. The van der Waals surface area contributed by atoms with Gasteiger partial charge in [-0.3, -0.25) is 4.79 Å². The van der Waals surface area contributed by atoms with Crippen LogP contribution in [0.3, 0.4) is 0 Å². The highest BCUT2D eigenvalue weighted by Gasteiger charge is 2.18. The van der Waals surface area contributed by atoms with E-state index in [-0.39, 0.29) is 5.52 Å². The van der Waals surface area contributed by atoms with Gasteiger partial charge in [0.1, 0.15) is 7.80 Å². The first-order chi connectivity index (χ1) is 12.5. The van der Waals surface area contributed by atoms with Gasteiger partial charge in [-0.2, -0.15) is 0 Å². The summed E-state index contributed by atoms with van der Waals surface area (Å²) in [6, 6.07) is 4.03. The van der Waals surface area contributed by atoms with E-state index in [1.165, 1.54) is 57.8 Å². The molecule has 0 spiro atoms. The topological polar surface area (TPSA) is 34.1 Å². The van der Waals surface area contributed by atoms with Crippen molar-refractivity contribution in [1.82, 2.24) is 0 Å². The molecule has 0 aliphatic heterocycles. The number of aryl methyl sites for hydroxylation is 3. The van der Waals surface area contributed by atoms with Crippen LogP contribution in [0.2, 0.25) is 0 Å². The van der Waals surface area contributed by atoms with Gasteiger partial charge >= 0.3 is 0 Å². The van der Waals surface area contributed by atoms with Gasteiger partial charge in [-0.05, 0) is 44.2 Å². The fraction of sp³-hybridized carbons (Fsp3) is 0.696. The van der Waals surface area contributed by atoms with E-state index in [4.69, 9.17) is 0 Å². The Morgan fingerprint density at radius 1 is 0.923 bits per heavy atom. The summed E-state index contributed by atoms with van der Waals surface area (Å²) in [6.07, 6.45) is 15.1. The Kier molecular flexibility index (Phi) is 9.12. The first kappa shape index (κ1) is 21.4. The van der Waals surface area contributed by atoms with Crippen molar-refractivity contribution >= 4 is 13.3 Å². The molecule has 1 fully saturated rings. The highest BCUT2D eigenvalue weighted by atomic mass is 31.1. The molecule has 0 bridgehead atoms. The Morgan fingerprint density at radius 2 is 1.50 bits per heavy atom. The molecule has 1 aromatic carbocycles. The third-order valence-corrected chi connectivity index (χ3v) is 7.46. The zero-order chi connectivity index (χ0) is 18.9. The van der Waals surface area contributed by atoms with E-state index in [9.17, 15) is 9.36 Å². The number of benzene rings is 1. The van der Waals surface area contributed by atoms with Gasteiger partial charge in [0.15, 0.2) is 0 Å². The molecule has 0 saturated heterocycles. The maximum Gasteiger partial charge on any atom is 0.219 e. The molecule has 0 amide bonds. The second-order valence-corrected chi connectivity index (χ2v) is 10.1. The minimum atomic E-state index is -2.17. The molecular formula is C23H37O2P. The van der Waals surface area contributed by atoms with E-state index in [1.807, 2.05) is 32.9 Å². The smallest absolute Gasteiger partial charge is 0.219 e. The Labute approximate surface area is 160 Å². The van der Waals surface area contributed by atoms with Crippen LogP contribution in [0.5, 0.6) is 0 Å². The molecule has 1 saturated carbocycles. The van der Waals surface area contributed by atoms with Crippen LogP contribution < -0.4 is 0 Å². The highest BCUT2D eigenvalue weighted by Crippen LogP contribution is 2.32. The Balaban J connectivity index is 1.63. The number of hydrogen-bond donors (Lipinski definition) is 0.